The summed E-state index contributed by atoms with van der Waals surface area (Å²) in [6.07, 6.45) is 0. The quantitative estimate of drug-likeness (QED) is 0.269. The summed E-state index contributed by atoms with van der Waals surface area (Å²) in [5, 5.41) is 20.8. The van der Waals surface area contributed by atoms with Crippen LogP contribution in [-0.4, -0.2) is 39.5 Å². The predicted molar refractivity (Wildman–Crippen MR) is 147 cm³/mol. The van der Waals surface area contributed by atoms with Crippen LogP contribution >= 0.6 is 35.1 Å². The Hall–Kier alpha value is -3.86. The number of rotatable bonds is 10. The first-order valence-electron chi connectivity index (χ1n) is 10.7. The second-order valence-corrected chi connectivity index (χ2v) is 10.4. The number of hydrogen-bond donors (Lipinski definition) is 4. The molecule has 3 rings (SSSR count). The van der Waals surface area contributed by atoms with Gasteiger partial charge in [0.15, 0.2) is 0 Å². The smallest absolute Gasteiger partial charge is 0.234 e. The standard InChI is InChI=1S/C24H22N6O4S3/c1-14(31)26-16-5-3-7-18(9-16)28-21(33)12-35-23-20(11-25)24(37-30-23)36-13-22(34)29-19-8-4-6-17(10-19)27-15(2)32/h3-10H,12-13H2,1-2H3,(H,26,31)(H,27,32)(H,28,33)(H,29,34). The van der Waals surface area contributed by atoms with Gasteiger partial charge in [-0.2, -0.15) is 9.64 Å². The van der Waals surface area contributed by atoms with Crippen LogP contribution in [-0.2, 0) is 19.2 Å². The Morgan fingerprint density at radius 3 is 1.73 bits per heavy atom. The molecule has 13 heteroatoms. The van der Waals surface area contributed by atoms with Crippen molar-refractivity contribution in [1.29, 1.82) is 5.26 Å². The lowest BCUT2D eigenvalue weighted by Crippen LogP contribution is -2.14. The number of amides is 4. The predicted octanol–water partition coefficient (Wildman–Crippen LogP) is 4.39. The van der Waals surface area contributed by atoms with Crippen molar-refractivity contribution in [2.45, 2.75) is 23.1 Å². The fourth-order valence-corrected chi connectivity index (χ4v) is 5.66. The highest BCUT2D eigenvalue weighted by molar-refractivity contribution is 8.02. The van der Waals surface area contributed by atoms with Crippen LogP contribution in [0.15, 0.2) is 57.8 Å². The number of benzene rings is 2. The number of nitrogens with zero attached hydrogens (tertiary/aromatic N) is 2. The van der Waals surface area contributed by atoms with E-state index in [0.717, 1.165) is 23.3 Å². The highest BCUT2D eigenvalue weighted by atomic mass is 32.2. The summed E-state index contributed by atoms with van der Waals surface area (Å²) in [7, 11) is 0. The molecule has 1 heterocycles. The highest BCUT2D eigenvalue weighted by Crippen LogP contribution is 2.34. The van der Waals surface area contributed by atoms with E-state index in [4.69, 9.17) is 0 Å². The maximum Gasteiger partial charge on any atom is 0.234 e. The zero-order valence-corrected chi connectivity index (χ0v) is 22.2. The summed E-state index contributed by atoms with van der Waals surface area (Å²) in [6.45, 7) is 2.80. The number of hydrogen-bond acceptors (Lipinski definition) is 9. The first-order chi connectivity index (χ1) is 17.7. The van der Waals surface area contributed by atoms with Crippen LogP contribution in [0.5, 0.6) is 0 Å². The van der Waals surface area contributed by atoms with Crippen LogP contribution in [0, 0.1) is 11.3 Å². The lowest BCUT2D eigenvalue weighted by molar-refractivity contribution is -0.115. The molecule has 1 aromatic heterocycles. The van der Waals surface area contributed by atoms with Gasteiger partial charge in [0, 0.05) is 36.6 Å². The lowest BCUT2D eigenvalue weighted by Gasteiger charge is -2.08. The van der Waals surface area contributed by atoms with Gasteiger partial charge in [-0.3, -0.25) is 19.2 Å². The Bertz CT molecular complexity index is 1270. The van der Waals surface area contributed by atoms with Crippen LogP contribution in [0.2, 0.25) is 0 Å². The van der Waals surface area contributed by atoms with Crippen LogP contribution < -0.4 is 21.3 Å². The van der Waals surface area contributed by atoms with E-state index < -0.39 is 0 Å². The molecule has 190 valence electrons. The van der Waals surface area contributed by atoms with Crippen molar-refractivity contribution in [3.8, 4) is 6.07 Å². The SMILES string of the molecule is CC(=O)Nc1cccc(NC(=O)CSc2nsc(SCC(=O)Nc3cccc(NC(C)=O)c3)c2C#N)c1. The van der Waals surface area contributed by atoms with Crippen LogP contribution in [0.4, 0.5) is 22.7 Å². The maximum atomic E-state index is 12.4. The van der Waals surface area contributed by atoms with E-state index in [2.05, 4.69) is 31.7 Å². The molecular weight excluding hydrogens is 533 g/mol. The molecule has 37 heavy (non-hydrogen) atoms. The van der Waals surface area contributed by atoms with Crippen LogP contribution in [0.1, 0.15) is 19.4 Å². The van der Waals surface area contributed by atoms with Crippen molar-refractivity contribution in [1.82, 2.24) is 4.37 Å². The third kappa shape index (κ3) is 8.94. The second kappa shape index (κ2) is 13.4. The Kier molecular flexibility index (Phi) is 10.1. The molecule has 0 bridgehead atoms. The molecule has 0 atom stereocenters. The Morgan fingerprint density at radius 1 is 0.811 bits per heavy atom. The summed E-state index contributed by atoms with van der Waals surface area (Å²) in [5.41, 5.74) is 2.52. The number of thioether (sulfide) groups is 2. The van der Waals surface area contributed by atoms with E-state index in [1.165, 1.54) is 25.6 Å². The van der Waals surface area contributed by atoms with Crippen molar-refractivity contribution in [3.63, 3.8) is 0 Å². The summed E-state index contributed by atoms with van der Waals surface area (Å²) < 4.78 is 4.86. The third-order valence-electron chi connectivity index (χ3n) is 4.35. The topological polar surface area (TPSA) is 153 Å². The van der Waals surface area contributed by atoms with E-state index >= 15 is 0 Å². The minimum atomic E-state index is -0.295. The summed E-state index contributed by atoms with van der Waals surface area (Å²) in [5.74, 6) is -0.923. The third-order valence-corrected chi connectivity index (χ3v) is 7.53. The van der Waals surface area contributed by atoms with Gasteiger partial charge in [0.25, 0.3) is 0 Å². The normalized spacial score (nSPS) is 10.2. The van der Waals surface area contributed by atoms with Gasteiger partial charge in [0.2, 0.25) is 23.6 Å². The number of carbonyl (C=O) groups excluding carboxylic acids is 4. The Morgan fingerprint density at radius 2 is 1.27 bits per heavy atom. The van der Waals surface area contributed by atoms with E-state index in [9.17, 15) is 24.4 Å². The largest absolute Gasteiger partial charge is 0.326 e. The van der Waals surface area contributed by atoms with Crippen molar-refractivity contribution in [2.75, 3.05) is 32.8 Å². The molecule has 0 saturated carbocycles. The number of aromatic nitrogens is 1. The van der Waals surface area contributed by atoms with Crippen molar-refractivity contribution >= 4 is 81.4 Å². The average molecular weight is 555 g/mol. The van der Waals surface area contributed by atoms with Crippen LogP contribution in [0.25, 0.3) is 0 Å². The minimum absolute atomic E-state index is 0.0258. The van der Waals surface area contributed by atoms with Crippen LogP contribution in [0.3, 0.4) is 0 Å². The molecular formula is C24H22N6O4S3. The average Bonchev–Trinajstić information content (AvgIpc) is 3.23. The van der Waals surface area contributed by atoms with Gasteiger partial charge in [-0.1, -0.05) is 23.9 Å². The van der Waals surface area contributed by atoms with Crippen molar-refractivity contribution in [3.05, 3.63) is 54.1 Å². The molecule has 0 aliphatic heterocycles. The van der Waals surface area contributed by atoms with E-state index in [-0.39, 0.29) is 35.1 Å². The van der Waals surface area contributed by atoms with E-state index in [1.807, 2.05) is 0 Å². The monoisotopic (exact) mass is 554 g/mol. The molecule has 4 amide bonds. The maximum absolute atomic E-state index is 12.4. The molecule has 4 N–H and O–H groups in total. The zero-order valence-electron chi connectivity index (χ0n) is 19.8. The highest BCUT2D eigenvalue weighted by Gasteiger charge is 2.17. The first kappa shape index (κ1) is 27.7. The molecule has 0 aliphatic carbocycles. The molecule has 2 aromatic carbocycles. The molecule has 0 aliphatic rings. The van der Waals surface area contributed by atoms with Gasteiger partial charge >= 0.3 is 0 Å². The minimum Gasteiger partial charge on any atom is -0.326 e. The summed E-state index contributed by atoms with van der Waals surface area (Å²) in [6, 6.07) is 15.6. The fraction of sp³-hybridized carbons (Fsp3) is 0.167. The number of anilines is 4. The van der Waals surface area contributed by atoms with Gasteiger partial charge in [-0.05, 0) is 47.9 Å². The van der Waals surface area contributed by atoms with E-state index in [0.29, 0.717) is 37.5 Å². The molecule has 0 spiro atoms. The van der Waals surface area contributed by atoms with Gasteiger partial charge < -0.3 is 21.3 Å². The number of nitrogens with one attached hydrogen (secondary N) is 4. The van der Waals surface area contributed by atoms with Crippen molar-refractivity contribution in [2.24, 2.45) is 0 Å². The number of nitriles is 1. The van der Waals surface area contributed by atoms with Gasteiger partial charge in [-0.25, -0.2) is 0 Å². The fourth-order valence-electron chi connectivity index (χ4n) is 2.97. The summed E-state index contributed by atoms with van der Waals surface area (Å²) >= 11 is 3.40. The van der Waals surface area contributed by atoms with Gasteiger partial charge in [0.05, 0.1) is 11.5 Å². The molecule has 0 unspecified atom stereocenters. The summed E-state index contributed by atoms with van der Waals surface area (Å²) in [4.78, 5) is 47.2. The number of carbonyl (C=O) groups is 4. The van der Waals surface area contributed by atoms with Crippen molar-refractivity contribution < 1.29 is 19.2 Å². The Balaban J connectivity index is 1.52. The first-order valence-corrected chi connectivity index (χ1v) is 13.5. The van der Waals surface area contributed by atoms with Gasteiger partial charge in [-0.15, -0.1) is 11.8 Å². The lowest BCUT2D eigenvalue weighted by atomic mass is 10.2. The van der Waals surface area contributed by atoms with E-state index in [1.54, 1.807) is 48.5 Å². The molecule has 0 radical (unpaired) electrons. The molecule has 3 aromatic rings. The molecule has 0 saturated heterocycles. The molecule has 0 fully saturated rings. The second-order valence-electron chi connectivity index (χ2n) is 7.46. The van der Waals surface area contributed by atoms with Gasteiger partial charge in [0.1, 0.15) is 20.9 Å². The Labute approximate surface area is 225 Å². The zero-order chi connectivity index (χ0) is 26.8. The molecule has 10 nitrogen and oxygen atoms in total.